The van der Waals surface area contributed by atoms with Gasteiger partial charge in [0.25, 0.3) is 0 Å². The van der Waals surface area contributed by atoms with Crippen molar-refractivity contribution < 1.29 is 33.0 Å². The molecular weight excluding hydrogens is 496 g/mol. The number of ether oxygens (including phenoxy) is 1. The van der Waals surface area contributed by atoms with E-state index in [1.165, 1.54) is 17.0 Å². The van der Waals surface area contributed by atoms with Crippen molar-refractivity contribution >= 4 is 30.9 Å². The Morgan fingerprint density at radius 2 is 1.70 bits per heavy atom. The van der Waals surface area contributed by atoms with Gasteiger partial charge in [0.15, 0.2) is 5.78 Å². The van der Waals surface area contributed by atoms with Crippen LogP contribution in [-0.4, -0.2) is 49.4 Å². The van der Waals surface area contributed by atoms with Crippen molar-refractivity contribution in [1.82, 2.24) is 4.90 Å². The molecule has 0 saturated heterocycles. The van der Waals surface area contributed by atoms with Crippen molar-refractivity contribution in [3.05, 3.63) is 58.7 Å². The Labute approximate surface area is 217 Å². The van der Waals surface area contributed by atoms with E-state index < -0.39 is 37.1 Å². The van der Waals surface area contributed by atoms with E-state index >= 15 is 0 Å². The van der Waals surface area contributed by atoms with Crippen molar-refractivity contribution in [3.63, 3.8) is 0 Å². The molecule has 1 aliphatic rings. The van der Waals surface area contributed by atoms with Gasteiger partial charge in [-0.05, 0) is 52.8 Å². The minimum Gasteiger partial charge on any atom is -0.497 e. The van der Waals surface area contributed by atoms with Gasteiger partial charge in [-0.2, -0.15) is 0 Å². The second kappa shape index (κ2) is 10.7. The number of rotatable bonds is 9. The van der Waals surface area contributed by atoms with Gasteiger partial charge in [-0.3, -0.25) is 14.4 Å². The third kappa shape index (κ3) is 6.63. The number of benzene rings is 2. The largest absolute Gasteiger partial charge is 0.497 e. The number of carboxylic acids is 1. The summed E-state index contributed by atoms with van der Waals surface area (Å²) in [5.41, 5.74) is 0.899. The number of hydrogen-bond acceptors (Lipinski definition) is 4. The standard InChI is InChI=1S/C28H35F2NO5Si/c1-28(2,16-25(34)35)15-24(33)31-10-9-18-14-19(36-3)7-8-20(18)26(31)23(32)13-17-11-21(29)27(22(30)12-17)37(4,5)6/h7-8,11-12,14,26H,9-10,13,15-16H2,1-6H3,(H,34,35)/t26-/m1/s1. The van der Waals surface area contributed by atoms with E-state index in [4.69, 9.17) is 4.74 Å². The number of Topliss-reactive ketones (excluding diaryl/α,β-unsaturated/α-hetero) is 1. The van der Waals surface area contributed by atoms with Gasteiger partial charge in [-0.25, -0.2) is 8.78 Å². The lowest BCUT2D eigenvalue weighted by molar-refractivity contribution is -0.144. The fraction of sp³-hybridized carbons (Fsp3) is 0.464. The van der Waals surface area contributed by atoms with E-state index in [1.54, 1.807) is 33.1 Å². The van der Waals surface area contributed by atoms with E-state index in [0.717, 1.165) is 5.56 Å². The summed E-state index contributed by atoms with van der Waals surface area (Å²) in [6.45, 7) is 9.20. The molecule has 37 heavy (non-hydrogen) atoms. The number of nitrogens with zero attached hydrogens (tertiary/aromatic N) is 1. The van der Waals surface area contributed by atoms with Crippen LogP contribution in [0.5, 0.6) is 5.75 Å². The van der Waals surface area contributed by atoms with E-state index in [-0.39, 0.29) is 48.2 Å². The molecule has 0 spiro atoms. The molecule has 3 rings (SSSR count). The van der Waals surface area contributed by atoms with Gasteiger partial charge in [0, 0.05) is 24.6 Å². The predicted molar refractivity (Wildman–Crippen MR) is 140 cm³/mol. The Morgan fingerprint density at radius 1 is 1.08 bits per heavy atom. The van der Waals surface area contributed by atoms with Gasteiger partial charge in [-0.1, -0.05) is 39.6 Å². The maximum atomic E-state index is 14.9. The molecule has 1 atom stereocenters. The van der Waals surface area contributed by atoms with Crippen molar-refractivity contribution in [3.8, 4) is 5.75 Å². The summed E-state index contributed by atoms with van der Waals surface area (Å²) in [5, 5.41) is 9.31. The normalized spacial score (nSPS) is 15.8. The topological polar surface area (TPSA) is 83.9 Å². The first-order valence-electron chi connectivity index (χ1n) is 12.3. The number of carboxylic acid groups (broad SMARTS) is 1. The van der Waals surface area contributed by atoms with Crippen LogP contribution in [0, 0.1) is 17.0 Å². The average molecular weight is 532 g/mol. The molecule has 2 aromatic carbocycles. The van der Waals surface area contributed by atoms with E-state index in [1.807, 2.05) is 25.7 Å². The highest BCUT2D eigenvalue weighted by molar-refractivity contribution is 6.88. The highest BCUT2D eigenvalue weighted by atomic mass is 28.3. The van der Waals surface area contributed by atoms with Crippen LogP contribution in [0.15, 0.2) is 30.3 Å². The second-order valence-electron chi connectivity index (χ2n) is 11.5. The number of hydrogen-bond donors (Lipinski definition) is 1. The van der Waals surface area contributed by atoms with Crippen molar-refractivity contribution in [2.75, 3.05) is 13.7 Å². The quantitative estimate of drug-likeness (QED) is 0.477. The summed E-state index contributed by atoms with van der Waals surface area (Å²) in [6.07, 6.45) is -0.00245. The summed E-state index contributed by atoms with van der Waals surface area (Å²) in [4.78, 5) is 39.8. The number of aliphatic carboxylic acids is 1. The summed E-state index contributed by atoms with van der Waals surface area (Å²) in [6, 6.07) is 6.76. The fourth-order valence-electron chi connectivity index (χ4n) is 5.07. The zero-order valence-corrected chi connectivity index (χ0v) is 23.3. The molecule has 200 valence electrons. The van der Waals surface area contributed by atoms with Crippen LogP contribution in [0.3, 0.4) is 0 Å². The fourth-order valence-corrected chi connectivity index (χ4v) is 6.65. The lowest BCUT2D eigenvalue weighted by Gasteiger charge is -2.38. The van der Waals surface area contributed by atoms with Crippen LogP contribution in [0.4, 0.5) is 8.78 Å². The molecule has 1 N–H and O–H groups in total. The third-order valence-electron chi connectivity index (χ3n) is 6.69. The van der Waals surface area contributed by atoms with Gasteiger partial charge in [-0.15, -0.1) is 0 Å². The van der Waals surface area contributed by atoms with Crippen molar-refractivity contribution in [1.29, 1.82) is 0 Å². The number of fused-ring (bicyclic) bond motifs is 1. The molecule has 1 amide bonds. The van der Waals surface area contributed by atoms with Crippen LogP contribution in [0.2, 0.25) is 19.6 Å². The smallest absolute Gasteiger partial charge is 0.303 e. The highest BCUT2D eigenvalue weighted by Gasteiger charge is 2.38. The maximum absolute atomic E-state index is 14.9. The Hall–Kier alpha value is -3.07. The van der Waals surface area contributed by atoms with Gasteiger partial charge in [0.1, 0.15) is 23.4 Å². The summed E-state index contributed by atoms with van der Waals surface area (Å²) in [5.74, 6) is -2.39. The van der Waals surface area contributed by atoms with Crippen molar-refractivity contribution in [2.45, 2.75) is 65.2 Å². The minimum absolute atomic E-state index is 0.0528. The van der Waals surface area contributed by atoms with Crippen LogP contribution >= 0.6 is 0 Å². The molecule has 6 nitrogen and oxygen atoms in total. The van der Waals surface area contributed by atoms with E-state index in [2.05, 4.69) is 0 Å². The molecule has 0 fully saturated rings. The maximum Gasteiger partial charge on any atom is 0.303 e. The molecule has 1 heterocycles. The van der Waals surface area contributed by atoms with Crippen LogP contribution in [0.25, 0.3) is 0 Å². The molecule has 0 aromatic heterocycles. The molecule has 0 radical (unpaired) electrons. The van der Waals surface area contributed by atoms with E-state index in [9.17, 15) is 28.3 Å². The highest BCUT2D eigenvalue weighted by Crippen LogP contribution is 2.36. The van der Waals surface area contributed by atoms with Gasteiger partial charge >= 0.3 is 5.97 Å². The zero-order chi connectivity index (χ0) is 27.7. The first-order valence-corrected chi connectivity index (χ1v) is 15.8. The number of carbonyl (C=O) groups is 3. The number of methoxy groups -OCH3 is 1. The molecule has 0 bridgehead atoms. The molecule has 0 saturated carbocycles. The number of ketones is 1. The van der Waals surface area contributed by atoms with Crippen LogP contribution in [0.1, 0.15) is 49.4 Å². The first kappa shape index (κ1) is 28.5. The number of halogens is 2. The lowest BCUT2D eigenvalue weighted by Crippen LogP contribution is -2.45. The Morgan fingerprint density at radius 3 is 2.24 bits per heavy atom. The number of carbonyl (C=O) groups excluding carboxylic acids is 2. The van der Waals surface area contributed by atoms with Gasteiger partial charge < -0.3 is 14.7 Å². The average Bonchev–Trinajstić information content (AvgIpc) is 2.74. The summed E-state index contributed by atoms with van der Waals surface area (Å²) < 4.78 is 35.1. The molecule has 9 heteroatoms. The second-order valence-corrected chi connectivity index (χ2v) is 16.5. The first-order chi connectivity index (χ1) is 17.1. The Balaban J connectivity index is 1.98. The van der Waals surface area contributed by atoms with Gasteiger partial charge in [0.05, 0.1) is 21.6 Å². The van der Waals surface area contributed by atoms with E-state index in [0.29, 0.717) is 17.7 Å². The molecule has 2 aromatic rings. The molecule has 1 aliphatic heterocycles. The Kier molecular flexibility index (Phi) is 8.26. The molecule has 0 unspecified atom stereocenters. The summed E-state index contributed by atoms with van der Waals surface area (Å²) in [7, 11) is -0.734. The zero-order valence-electron chi connectivity index (χ0n) is 22.3. The lowest BCUT2D eigenvalue weighted by atomic mass is 9.83. The third-order valence-corrected chi connectivity index (χ3v) is 8.67. The molecular formula is C28H35F2NO5Si. The van der Waals surface area contributed by atoms with Crippen LogP contribution in [-0.2, 0) is 27.2 Å². The SMILES string of the molecule is COc1ccc2c(c1)CCN(C(=O)CC(C)(C)CC(=O)O)[C@H]2C(=O)Cc1cc(F)c([Si](C)(C)C)c(F)c1. The Bertz CT molecular complexity index is 1200. The van der Waals surface area contributed by atoms with Crippen molar-refractivity contribution in [2.24, 2.45) is 5.41 Å². The number of amides is 1. The van der Waals surface area contributed by atoms with Crippen LogP contribution < -0.4 is 9.92 Å². The minimum atomic E-state index is -2.28. The summed E-state index contributed by atoms with van der Waals surface area (Å²) >= 11 is 0. The predicted octanol–water partition coefficient (Wildman–Crippen LogP) is 4.65. The van der Waals surface area contributed by atoms with Gasteiger partial charge in [0.2, 0.25) is 5.91 Å². The molecule has 0 aliphatic carbocycles. The monoisotopic (exact) mass is 531 g/mol.